The van der Waals surface area contributed by atoms with E-state index in [1.807, 2.05) is 0 Å². The number of imidazole rings is 2. The van der Waals surface area contributed by atoms with Crippen LogP contribution in [0.5, 0.6) is 0 Å². The second-order valence-corrected chi connectivity index (χ2v) is 9.72. The van der Waals surface area contributed by atoms with Gasteiger partial charge in [-0.15, -0.1) is 0 Å². The second-order valence-electron chi connectivity index (χ2n) is 9.72. The molecule has 0 aliphatic rings. The van der Waals surface area contributed by atoms with Crippen molar-refractivity contribution in [3.05, 3.63) is 133 Å². The SMILES string of the molecule is [Br-].[Br-].c1ccc2cc(C[n+]3ccn(CCCCn4cc[n+](Cc5ccc6ccccc6c5)c4)c3)ccc2c1. The fourth-order valence-corrected chi connectivity index (χ4v) is 5.01. The second kappa shape index (κ2) is 13.0. The molecule has 0 atom stereocenters. The summed E-state index contributed by atoms with van der Waals surface area (Å²) < 4.78 is 9.14. The third-order valence-corrected chi connectivity index (χ3v) is 6.93. The summed E-state index contributed by atoms with van der Waals surface area (Å²) in [7, 11) is 0. The van der Waals surface area contributed by atoms with Crippen LogP contribution in [0.25, 0.3) is 21.5 Å². The number of halogens is 2. The van der Waals surface area contributed by atoms with Gasteiger partial charge >= 0.3 is 0 Å². The molecular weight excluding hydrogens is 600 g/mol. The summed E-state index contributed by atoms with van der Waals surface area (Å²) in [5, 5.41) is 5.20. The summed E-state index contributed by atoms with van der Waals surface area (Å²) in [5.74, 6) is 0. The van der Waals surface area contributed by atoms with Crippen molar-refractivity contribution in [3.63, 3.8) is 0 Å². The van der Waals surface area contributed by atoms with Gasteiger partial charge in [0.1, 0.15) is 37.9 Å². The molecule has 6 aromatic rings. The van der Waals surface area contributed by atoms with E-state index in [2.05, 4.69) is 141 Å². The highest BCUT2D eigenvalue weighted by atomic mass is 79.9. The van der Waals surface area contributed by atoms with Crippen molar-refractivity contribution in [2.24, 2.45) is 0 Å². The minimum atomic E-state index is 0. The van der Waals surface area contributed by atoms with Crippen molar-refractivity contribution in [2.75, 3.05) is 0 Å². The third kappa shape index (κ3) is 6.80. The summed E-state index contributed by atoms with van der Waals surface area (Å²) >= 11 is 0. The smallest absolute Gasteiger partial charge is 0.244 e. The lowest BCUT2D eigenvalue weighted by Gasteiger charge is -2.02. The first-order chi connectivity index (χ1) is 17.8. The molecule has 0 saturated heterocycles. The van der Waals surface area contributed by atoms with E-state index in [0.717, 1.165) is 39.0 Å². The minimum absolute atomic E-state index is 0. The molecule has 4 nitrogen and oxygen atoms in total. The Morgan fingerprint density at radius 1 is 0.500 bits per heavy atom. The number of nitrogens with zero attached hydrogens (tertiary/aromatic N) is 4. The zero-order valence-corrected chi connectivity index (χ0v) is 24.5. The van der Waals surface area contributed by atoms with E-state index in [9.17, 15) is 0 Å². The molecule has 0 radical (unpaired) electrons. The number of aryl methyl sites for hydroxylation is 2. The standard InChI is InChI=1S/C32H32N4.2BrH/c1-3-9-31-21-27(11-13-29(31)7-1)23-35-19-17-33(25-35)15-5-6-16-34-18-20-36(26-34)24-28-12-14-30-8-2-4-10-32(30)22-28;;/h1-4,7-14,17-22,25-26H,5-6,15-16,23-24H2;2*1H/q+2;;/p-2. The van der Waals surface area contributed by atoms with Crippen LogP contribution in [0.15, 0.2) is 122 Å². The highest BCUT2D eigenvalue weighted by Gasteiger charge is 2.08. The quantitative estimate of drug-likeness (QED) is 0.155. The first-order valence-electron chi connectivity index (χ1n) is 12.8. The number of rotatable bonds is 9. The maximum Gasteiger partial charge on any atom is 0.244 e. The lowest BCUT2D eigenvalue weighted by atomic mass is 10.1. The number of fused-ring (bicyclic) bond motifs is 2. The topological polar surface area (TPSA) is 17.6 Å². The van der Waals surface area contributed by atoms with Crippen molar-refractivity contribution >= 4 is 21.5 Å². The summed E-state index contributed by atoms with van der Waals surface area (Å²) in [4.78, 5) is 0. The molecule has 0 spiro atoms. The van der Waals surface area contributed by atoms with Gasteiger partial charge in [-0.25, -0.2) is 18.3 Å². The summed E-state index contributed by atoms with van der Waals surface area (Å²) in [6, 6.07) is 30.6. The van der Waals surface area contributed by atoms with Gasteiger partial charge < -0.3 is 34.0 Å². The third-order valence-electron chi connectivity index (χ3n) is 6.93. The first kappa shape index (κ1) is 27.8. The lowest BCUT2D eigenvalue weighted by molar-refractivity contribution is -0.688. The van der Waals surface area contributed by atoms with Crippen LogP contribution in [0.4, 0.5) is 0 Å². The van der Waals surface area contributed by atoms with Crippen LogP contribution in [0, 0.1) is 0 Å². The van der Waals surface area contributed by atoms with Gasteiger partial charge in [-0.05, 0) is 57.6 Å². The van der Waals surface area contributed by atoms with Crippen LogP contribution in [0.3, 0.4) is 0 Å². The van der Waals surface area contributed by atoms with E-state index in [1.54, 1.807) is 0 Å². The van der Waals surface area contributed by atoms with Crippen LogP contribution < -0.4 is 43.1 Å². The fraction of sp³-hybridized carbons (Fsp3) is 0.188. The van der Waals surface area contributed by atoms with Crippen molar-refractivity contribution in [1.29, 1.82) is 0 Å². The van der Waals surface area contributed by atoms with Gasteiger partial charge in [0.05, 0.1) is 13.1 Å². The maximum absolute atomic E-state index is 2.30. The molecule has 0 amide bonds. The molecule has 0 aliphatic carbocycles. The molecule has 0 saturated carbocycles. The van der Waals surface area contributed by atoms with Gasteiger partial charge in [0.15, 0.2) is 0 Å². The molecule has 2 aromatic heterocycles. The Labute approximate surface area is 245 Å². The van der Waals surface area contributed by atoms with E-state index in [1.165, 1.54) is 32.7 Å². The Hall–Kier alpha value is -3.22. The molecule has 0 N–H and O–H groups in total. The molecule has 0 fully saturated rings. The molecule has 0 unspecified atom stereocenters. The van der Waals surface area contributed by atoms with Gasteiger partial charge in [-0.1, -0.05) is 72.8 Å². The van der Waals surface area contributed by atoms with Gasteiger partial charge in [0.25, 0.3) is 0 Å². The average Bonchev–Trinajstić information content (AvgIpc) is 3.55. The van der Waals surface area contributed by atoms with E-state index >= 15 is 0 Å². The van der Waals surface area contributed by atoms with E-state index < -0.39 is 0 Å². The molecular formula is C32H32Br2N4. The number of unbranched alkanes of at least 4 members (excludes halogenated alkanes) is 1. The van der Waals surface area contributed by atoms with Crippen molar-refractivity contribution < 1.29 is 43.1 Å². The molecule has 2 heterocycles. The van der Waals surface area contributed by atoms with Crippen molar-refractivity contribution in [3.8, 4) is 0 Å². The highest BCUT2D eigenvalue weighted by molar-refractivity contribution is 5.83. The molecule has 4 aromatic carbocycles. The van der Waals surface area contributed by atoms with Gasteiger partial charge in [0.2, 0.25) is 12.7 Å². The number of hydrogen-bond acceptors (Lipinski definition) is 0. The Kier molecular flexibility index (Phi) is 9.53. The monoisotopic (exact) mass is 630 g/mol. The largest absolute Gasteiger partial charge is 1.00 e. The Balaban J connectivity index is 0.00000168. The maximum atomic E-state index is 2.30. The van der Waals surface area contributed by atoms with Crippen LogP contribution in [-0.4, -0.2) is 9.13 Å². The number of hydrogen-bond donors (Lipinski definition) is 0. The van der Waals surface area contributed by atoms with Crippen LogP contribution >= 0.6 is 0 Å². The van der Waals surface area contributed by atoms with Crippen LogP contribution in [-0.2, 0) is 26.2 Å². The molecule has 194 valence electrons. The predicted molar refractivity (Wildman–Crippen MR) is 145 cm³/mol. The molecule has 0 bridgehead atoms. The minimum Gasteiger partial charge on any atom is -1.00 e. The van der Waals surface area contributed by atoms with Crippen LogP contribution in [0.1, 0.15) is 24.0 Å². The highest BCUT2D eigenvalue weighted by Crippen LogP contribution is 2.16. The Morgan fingerprint density at radius 2 is 0.921 bits per heavy atom. The van der Waals surface area contributed by atoms with E-state index in [-0.39, 0.29) is 34.0 Å². The molecule has 0 aliphatic heterocycles. The van der Waals surface area contributed by atoms with E-state index in [0.29, 0.717) is 0 Å². The number of aromatic nitrogens is 4. The molecule has 6 rings (SSSR count). The van der Waals surface area contributed by atoms with Crippen molar-refractivity contribution in [1.82, 2.24) is 9.13 Å². The van der Waals surface area contributed by atoms with Crippen LogP contribution in [0.2, 0.25) is 0 Å². The molecule has 6 heteroatoms. The van der Waals surface area contributed by atoms with Crippen molar-refractivity contribution in [2.45, 2.75) is 39.0 Å². The number of benzene rings is 4. The van der Waals surface area contributed by atoms with Gasteiger partial charge in [-0.3, -0.25) is 0 Å². The summed E-state index contributed by atoms with van der Waals surface area (Å²) in [6.45, 7) is 3.89. The fourth-order valence-electron chi connectivity index (χ4n) is 5.01. The zero-order valence-electron chi connectivity index (χ0n) is 21.3. The molecule has 38 heavy (non-hydrogen) atoms. The lowest BCUT2D eigenvalue weighted by Crippen LogP contribution is -3.00. The summed E-state index contributed by atoms with van der Waals surface area (Å²) in [6.07, 6.45) is 15.5. The zero-order chi connectivity index (χ0) is 24.2. The van der Waals surface area contributed by atoms with E-state index in [4.69, 9.17) is 0 Å². The summed E-state index contributed by atoms with van der Waals surface area (Å²) in [5.41, 5.74) is 2.67. The first-order valence-corrected chi connectivity index (χ1v) is 12.8. The Bertz CT molecular complexity index is 1500. The van der Waals surface area contributed by atoms with Gasteiger partial charge in [-0.2, -0.15) is 0 Å². The normalized spacial score (nSPS) is 10.8. The average molecular weight is 632 g/mol. The van der Waals surface area contributed by atoms with Gasteiger partial charge in [0, 0.05) is 0 Å². The predicted octanol–water partition coefficient (Wildman–Crippen LogP) is -0.244. The Morgan fingerprint density at radius 3 is 1.37 bits per heavy atom.